The fourth-order valence-corrected chi connectivity index (χ4v) is 0.0600. The first-order chi connectivity index (χ1) is 2.91. The van der Waals surface area contributed by atoms with Crippen LogP contribution in [0, 0.1) is 0 Å². The van der Waals surface area contributed by atoms with Crippen LogP contribution in [0.25, 0.3) is 0 Å². The van der Waals surface area contributed by atoms with Crippen molar-refractivity contribution in [2.45, 2.75) is 0 Å². The molecule has 0 aliphatic heterocycles. The molecule has 0 radical (unpaired) electrons. The van der Waals surface area contributed by atoms with Crippen molar-refractivity contribution in [1.29, 1.82) is 0 Å². The molecule has 0 fully saturated rings. The molecule has 0 aromatic heterocycles. The molecule has 0 saturated carbocycles. The normalized spacial score (nSPS) is 8.67. The van der Waals surface area contributed by atoms with Crippen LogP contribution in [0.15, 0.2) is 5.10 Å². The molecule has 0 aliphatic rings. The monoisotopic (exact) mass is 88.0 g/mol. The van der Waals surface area contributed by atoms with Gasteiger partial charge in [-0.15, -0.1) is 0 Å². The van der Waals surface area contributed by atoms with Crippen LogP contribution in [0.5, 0.6) is 0 Å². The van der Waals surface area contributed by atoms with Crippen molar-refractivity contribution in [1.82, 2.24) is 0 Å². The summed E-state index contributed by atoms with van der Waals surface area (Å²) in [6.07, 6.45) is 0.840. The van der Waals surface area contributed by atoms with Crippen LogP contribution in [0.4, 0.5) is 0 Å². The summed E-state index contributed by atoms with van der Waals surface area (Å²) >= 11 is 0. The molecule has 0 aromatic carbocycles. The first kappa shape index (κ1) is 4.94. The minimum Gasteiger partial charge on any atom is -0.415 e. The van der Waals surface area contributed by atoms with Crippen molar-refractivity contribution >= 4 is 12.9 Å². The fourth-order valence-electron chi connectivity index (χ4n) is 0.0600. The lowest BCUT2D eigenvalue weighted by molar-refractivity contribution is -0.121. The van der Waals surface area contributed by atoms with E-state index in [2.05, 4.69) is 15.7 Å². The molecule has 0 rings (SSSR count). The Hall–Kier alpha value is -1.06. The lowest BCUT2D eigenvalue weighted by Gasteiger charge is -1.74. The number of nitrogens with two attached hydrogens (primary N) is 1. The number of ether oxygens (including phenoxy) is 1. The number of hydrogen-bond donors (Lipinski definition) is 1. The molecule has 0 aromatic rings. The van der Waals surface area contributed by atoms with Gasteiger partial charge in [0.2, 0.25) is 6.40 Å². The Morgan fingerprint density at radius 1 is 1.83 bits per heavy atom. The molecule has 0 bridgehead atoms. The van der Waals surface area contributed by atoms with Gasteiger partial charge in [-0.05, 0) is 0 Å². The van der Waals surface area contributed by atoms with Gasteiger partial charge in [0.05, 0.1) is 0 Å². The standard InChI is InChI=1S/C2H4N2O2/c3-4-1-6-2-5/h1-2H,3H2/b4-1-. The molecule has 6 heavy (non-hydrogen) atoms. The van der Waals surface area contributed by atoms with Crippen LogP contribution in [0.3, 0.4) is 0 Å². The average molecular weight is 88.1 g/mol. The quantitative estimate of drug-likeness (QED) is 0.156. The SMILES string of the molecule is N/N=C\OC=O. The summed E-state index contributed by atoms with van der Waals surface area (Å²) in [5.74, 6) is 4.50. The third-order valence-corrected chi connectivity index (χ3v) is 0.177. The van der Waals surface area contributed by atoms with Crippen molar-refractivity contribution in [3.63, 3.8) is 0 Å². The van der Waals surface area contributed by atoms with Crippen LogP contribution in [0.1, 0.15) is 0 Å². The highest BCUT2D eigenvalue weighted by molar-refractivity contribution is 5.59. The van der Waals surface area contributed by atoms with E-state index in [1.807, 2.05) is 0 Å². The average Bonchev–Trinajstić information content (AvgIpc) is 1.61. The van der Waals surface area contributed by atoms with E-state index < -0.39 is 0 Å². The van der Waals surface area contributed by atoms with E-state index in [4.69, 9.17) is 0 Å². The predicted octanol–water partition coefficient (Wildman–Crippen LogP) is -0.939. The zero-order valence-corrected chi connectivity index (χ0v) is 3.00. The second-order valence-corrected chi connectivity index (χ2v) is 0.487. The molecule has 0 spiro atoms. The van der Waals surface area contributed by atoms with Crippen LogP contribution < -0.4 is 5.84 Å². The molecule has 4 nitrogen and oxygen atoms in total. The number of rotatable bonds is 2. The summed E-state index contributed by atoms with van der Waals surface area (Å²) in [5, 5.41) is 2.85. The highest BCUT2D eigenvalue weighted by Crippen LogP contribution is 1.47. The van der Waals surface area contributed by atoms with Crippen molar-refractivity contribution < 1.29 is 9.53 Å². The molecule has 0 atom stereocenters. The Morgan fingerprint density at radius 3 is 2.67 bits per heavy atom. The topological polar surface area (TPSA) is 64.7 Å². The van der Waals surface area contributed by atoms with Gasteiger partial charge >= 0.3 is 0 Å². The van der Waals surface area contributed by atoms with Gasteiger partial charge in [-0.1, -0.05) is 0 Å². The van der Waals surface area contributed by atoms with Crippen molar-refractivity contribution in [2.24, 2.45) is 10.9 Å². The second kappa shape index (κ2) is 3.94. The summed E-state index contributed by atoms with van der Waals surface area (Å²) in [6.45, 7) is 0.232. The van der Waals surface area contributed by atoms with Gasteiger partial charge < -0.3 is 10.6 Å². The van der Waals surface area contributed by atoms with Gasteiger partial charge in [-0.2, -0.15) is 5.10 Å². The number of nitrogens with zero attached hydrogens (tertiary/aromatic N) is 1. The van der Waals surface area contributed by atoms with Gasteiger partial charge in [-0.25, -0.2) is 0 Å². The van der Waals surface area contributed by atoms with Crippen molar-refractivity contribution in [3.05, 3.63) is 0 Å². The number of hydrazone groups is 1. The highest BCUT2D eigenvalue weighted by Gasteiger charge is 1.59. The summed E-state index contributed by atoms with van der Waals surface area (Å²) < 4.78 is 3.89. The van der Waals surface area contributed by atoms with Crippen molar-refractivity contribution in [2.75, 3.05) is 0 Å². The van der Waals surface area contributed by atoms with E-state index >= 15 is 0 Å². The molecule has 0 amide bonds. The number of carbonyl (C=O) groups excluding carboxylic acids is 1. The largest absolute Gasteiger partial charge is 0.415 e. The maximum absolute atomic E-state index is 9.19. The summed E-state index contributed by atoms with van der Waals surface area (Å²) in [5.41, 5.74) is 0. The Labute approximate surface area is 34.6 Å². The minimum absolute atomic E-state index is 0.232. The Bertz CT molecular complexity index is 60.6. The van der Waals surface area contributed by atoms with Crippen molar-refractivity contribution in [3.8, 4) is 0 Å². The molecule has 0 aliphatic carbocycles. The van der Waals surface area contributed by atoms with Gasteiger partial charge in [0.25, 0.3) is 6.47 Å². The van der Waals surface area contributed by atoms with Crippen LogP contribution >= 0.6 is 0 Å². The lowest BCUT2D eigenvalue weighted by atomic mass is 11.4. The van der Waals surface area contributed by atoms with Crippen LogP contribution in [0.2, 0.25) is 0 Å². The predicted molar refractivity (Wildman–Crippen MR) is 19.8 cm³/mol. The van der Waals surface area contributed by atoms with E-state index in [1.165, 1.54) is 0 Å². The van der Waals surface area contributed by atoms with Gasteiger partial charge in [0.15, 0.2) is 0 Å². The first-order valence-corrected chi connectivity index (χ1v) is 1.22. The molecule has 34 valence electrons. The Morgan fingerprint density at radius 2 is 2.50 bits per heavy atom. The van der Waals surface area contributed by atoms with E-state index in [0.29, 0.717) is 0 Å². The highest BCUT2D eigenvalue weighted by atomic mass is 16.5. The van der Waals surface area contributed by atoms with Crippen LogP contribution in [-0.2, 0) is 9.53 Å². The molecular weight excluding hydrogens is 84.0 g/mol. The number of carbonyl (C=O) groups is 1. The van der Waals surface area contributed by atoms with E-state index in [0.717, 1.165) is 6.40 Å². The molecule has 2 N–H and O–H groups in total. The minimum atomic E-state index is 0.232. The van der Waals surface area contributed by atoms with E-state index in [9.17, 15) is 4.79 Å². The summed E-state index contributed by atoms with van der Waals surface area (Å²) in [4.78, 5) is 9.19. The third kappa shape index (κ3) is 2.94. The molecular formula is C2H4N2O2. The molecule has 4 heteroatoms. The van der Waals surface area contributed by atoms with Crippen LogP contribution in [-0.4, -0.2) is 12.9 Å². The van der Waals surface area contributed by atoms with Gasteiger partial charge in [0.1, 0.15) is 0 Å². The van der Waals surface area contributed by atoms with E-state index in [-0.39, 0.29) is 6.47 Å². The van der Waals surface area contributed by atoms with Gasteiger partial charge in [0, 0.05) is 0 Å². The summed E-state index contributed by atoms with van der Waals surface area (Å²) in [6, 6.07) is 0. The maximum Gasteiger partial charge on any atom is 0.299 e. The zero-order valence-electron chi connectivity index (χ0n) is 3.00. The first-order valence-electron chi connectivity index (χ1n) is 1.22. The smallest absolute Gasteiger partial charge is 0.299 e. The Kier molecular flexibility index (Phi) is 3.24. The maximum atomic E-state index is 9.19. The summed E-state index contributed by atoms with van der Waals surface area (Å²) in [7, 11) is 0. The molecule has 0 unspecified atom stereocenters. The second-order valence-electron chi connectivity index (χ2n) is 0.487. The molecule has 0 heterocycles. The third-order valence-electron chi connectivity index (χ3n) is 0.177. The molecule has 0 saturated heterocycles. The van der Waals surface area contributed by atoms with Gasteiger partial charge in [-0.3, -0.25) is 4.79 Å². The fraction of sp³-hybridized carbons (Fsp3) is 0. The zero-order chi connectivity index (χ0) is 4.83. The number of hydrogen-bond acceptors (Lipinski definition) is 4. The lowest BCUT2D eigenvalue weighted by Crippen LogP contribution is -1.86. The van der Waals surface area contributed by atoms with E-state index in [1.54, 1.807) is 0 Å². The Balaban J connectivity index is 2.85.